The zero-order valence-electron chi connectivity index (χ0n) is 11.5. The van der Waals surface area contributed by atoms with Crippen LogP contribution in [0.25, 0.3) is 0 Å². The van der Waals surface area contributed by atoms with E-state index in [-0.39, 0.29) is 5.91 Å². The van der Waals surface area contributed by atoms with Gasteiger partial charge >= 0.3 is 0 Å². The third-order valence-electron chi connectivity index (χ3n) is 2.84. The highest BCUT2D eigenvalue weighted by atomic mass is 32.1. The van der Waals surface area contributed by atoms with E-state index < -0.39 is 0 Å². The average molecular weight is 284 g/mol. The van der Waals surface area contributed by atoms with Gasteiger partial charge in [0.05, 0.1) is 11.4 Å². The number of aryl methyl sites for hydroxylation is 2. The Kier molecular flexibility index (Phi) is 4.57. The number of anilines is 1. The molecule has 1 heterocycles. The molecule has 0 fully saturated rings. The van der Waals surface area contributed by atoms with Gasteiger partial charge in [0.25, 0.3) is 5.91 Å². The van der Waals surface area contributed by atoms with Gasteiger partial charge in [-0.25, -0.2) is 0 Å². The number of hydrogen-bond donors (Lipinski definition) is 2. The Bertz CT molecular complexity index is 672. The van der Waals surface area contributed by atoms with Gasteiger partial charge in [0.15, 0.2) is 0 Å². The van der Waals surface area contributed by atoms with Crippen molar-refractivity contribution in [1.29, 1.82) is 0 Å². The molecule has 20 heavy (non-hydrogen) atoms. The van der Waals surface area contributed by atoms with Crippen LogP contribution in [-0.4, -0.2) is 12.5 Å². The quantitative estimate of drug-likeness (QED) is 0.833. The molecule has 4 heteroatoms. The molecule has 3 N–H and O–H groups in total. The normalized spacial score (nSPS) is 9.75. The van der Waals surface area contributed by atoms with Crippen LogP contribution in [0.4, 0.5) is 5.69 Å². The number of nitrogens with one attached hydrogen (secondary N) is 1. The van der Waals surface area contributed by atoms with Crippen LogP contribution < -0.4 is 11.1 Å². The first kappa shape index (κ1) is 14.3. The molecule has 102 valence electrons. The van der Waals surface area contributed by atoms with Gasteiger partial charge in [-0.2, -0.15) is 0 Å². The Labute approximate surface area is 122 Å². The molecule has 0 spiro atoms. The average Bonchev–Trinajstić information content (AvgIpc) is 2.77. The molecule has 1 aromatic carbocycles. The van der Waals surface area contributed by atoms with Gasteiger partial charge in [-0.1, -0.05) is 17.9 Å². The SMILES string of the molecule is Cc1cc(C(=O)Nc2cccc(C#CCN)c2)sc1C. The molecule has 0 unspecified atom stereocenters. The molecule has 0 aliphatic rings. The van der Waals surface area contributed by atoms with Crippen molar-refractivity contribution in [3.63, 3.8) is 0 Å². The lowest BCUT2D eigenvalue weighted by Gasteiger charge is -2.03. The zero-order valence-corrected chi connectivity index (χ0v) is 12.3. The van der Waals surface area contributed by atoms with Crippen LogP contribution in [0.5, 0.6) is 0 Å². The van der Waals surface area contributed by atoms with Crippen molar-refractivity contribution in [2.45, 2.75) is 13.8 Å². The monoisotopic (exact) mass is 284 g/mol. The second-order valence-corrected chi connectivity index (χ2v) is 5.65. The molecule has 0 aliphatic carbocycles. The summed E-state index contributed by atoms with van der Waals surface area (Å²) in [5.74, 6) is 5.65. The van der Waals surface area contributed by atoms with Gasteiger partial charge in [-0.15, -0.1) is 11.3 Å². The Morgan fingerprint density at radius 2 is 2.15 bits per heavy atom. The molecular formula is C16H16N2OS. The number of nitrogens with two attached hydrogens (primary N) is 1. The number of benzene rings is 1. The van der Waals surface area contributed by atoms with E-state index in [0.717, 1.165) is 26.6 Å². The highest BCUT2D eigenvalue weighted by Gasteiger charge is 2.10. The Morgan fingerprint density at radius 1 is 1.35 bits per heavy atom. The zero-order chi connectivity index (χ0) is 14.5. The van der Waals surface area contributed by atoms with E-state index in [4.69, 9.17) is 5.73 Å². The van der Waals surface area contributed by atoms with Gasteiger partial charge in [0.2, 0.25) is 0 Å². The Hall–Kier alpha value is -2.09. The van der Waals surface area contributed by atoms with E-state index in [1.807, 2.05) is 44.2 Å². The van der Waals surface area contributed by atoms with Crippen molar-refractivity contribution in [1.82, 2.24) is 0 Å². The van der Waals surface area contributed by atoms with Crippen LogP contribution in [0.2, 0.25) is 0 Å². The van der Waals surface area contributed by atoms with E-state index >= 15 is 0 Å². The summed E-state index contributed by atoms with van der Waals surface area (Å²) in [4.78, 5) is 14.0. The van der Waals surface area contributed by atoms with Crippen LogP contribution in [0.1, 0.15) is 25.7 Å². The smallest absolute Gasteiger partial charge is 0.265 e. The second kappa shape index (κ2) is 6.38. The summed E-state index contributed by atoms with van der Waals surface area (Å²) in [6, 6.07) is 9.35. The van der Waals surface area contributed by atoms with E-state index in [1.54, 1.807) is 0 Å². The number of amides is 1. The fourth-order valence-electron chi connectivity index (χ4n) is 1.71. The molecule has 3 nitrogen and oxygen atoms in total. The highest BCUT2D eigenvalue weighted by molar-refractivity contribution is 7.14. The molecule has 0 atom stereocenters. The summed E-state index contributed by atoms with van der Waals surface area (Å²) < 4.78 is 0. The minimum Gasteiger partial charge on any atom is -0.321 e. The van der Waals surface area contributed by atoms with Gasteiger partial charge in [-0.05, 0) is 43.7 Å². The van der Waals surface area contributed by atoms with Crippen molar-refractivity contribution in [3.05, 3.63) is 51.2 Å². The first-order valence-electron chi connectivity index (χ1n) is 6.27. The molecule has 0 aliphatic heterocycles. The summed E-state index contributed by atoms with van der Waals surface area (Å²) in [5, 5.41) is 2.89. The lowest BCUT2D eigenvalue weighted by Crippen LogP contribution is -2.10. The first-order valence-corrected chi connectivity index (χ1v) is 7.09. The standard InChI is InChI=1S/C16H16N2OS/c1-11-9-15(20-12(11)2)16(19)18-14-7-3-5-13(10-14)6-4-8-17/h3,5,7,9-10H,8,17H2,1-2H3,(H,18,19). The number of thiophene rings is 1. The predicted octanol–water partition coefficient (Wildman–Crippen LogP) is 2.93. The van der Waals surface area contributed by atoms with Crippen molar-refractivity contribution in [3.8, 4) is 11.8 Å². The first-order chi connectivity index (χ1) is 9.60. The largest absolute Gasteiger partial charge is 0.321 e. The number of carbonyl (C=O) groups excluding carboxylic acids is 1. The lowest BCUT2D eigenvalue weighted by atomic mass is 10.2. The maximum atomic E-state index is 12.1. The van der Waals surface area contributed by atoms with Crippen LogP contribution in [0, 0.1) is 25.7 Å². The lowest BCUT2D eigenvalue weighted by molar-refractivity contribution is 0.103. The van der Waals surface area contributed by atoms with Gasteiger partial charge < -0.3 is 11.1 Å². The number of rotatable bonds is 2. The van der Waals surface area contributed by atoms with Crippen LogP contribution in [-0.2, 0) is 0 Å². The predicted molar refractivity (Wildman–Crippen MR) is 84.1 cm³/mol. The summed E-state index contributed by atoms with van der Waals surface area (Å²) in [6.07, 6.45) is 0. The summed E-state index contributed by atoms with van der Waals surface area (Å²) in [7, 11) is 0. The molecule has 1 aromatic heterocycles. The topological polar surface area (TPSA) is 55.1 Å². The van der Waals surface area contributed by atoms with Crippen molar-refractivity contribution in [2.75, 3.05) is 11.9 Å². The van der Waals surface area contributed by atoms with E-state index in [9.17, 15) is 4.79 Å². The van der Waals surface area contributed by atoms with E-state index in [2.05, 4.69) is 17.2 Å². The van der Waals surface area contributed by atoms with Crippen LogP contribution in [0.3, 0.4) is 0 Å². The Morgan fingerprint density at radius 3 is 2.80 bits per heavy atom. The molecule has 2 rings (SSSR count). The fraction of sp³-hybridized carbons (Fsp3) is 0.188. The van der Waals surface area contributed by atoms with Gasteiger partial charge in [0.1, 0.15) is 0 Å². The van der Waals surface area contributed by atoms with Crippen LogP contribution in [0.15, 0.2) is 30.3 Å². The third kappa shape index (κ3) is 3.47. The van der Waals surface area contributed by atoms with Crippen molar-refractivity contribution < 1.29 is 4.79 Å². The molecule has 0 saturated heterocycles. The third-order valence-corrected chi connectivity index (χ3v) is 4.00. The molecular weight excluding hydrogens is 268 g/mol. The molecule has 0 bridgehead atoms. The second-order valence-electron chi connectivity index (χ2n) is 4.39. The maximum absolute atomic E-state index is 12.1. The maximum Gasteiger partial charge on any atom is 0.265 e. The Balaban J connectivity index is 2.15. The minimum atomic E-state index is -0.0878. The minimum absolute atomic E-state index is 0.0878. The summed E-state index contributed by atoms with van der Waals surface area (Å²) in [6.45, 7) is 4.34. The van der Waals surface area contributed by atoms with E-state index in [0.29, 0.717) is 6.54 Å². The van der Waals surface area contributed by atoms with Crippen molar-refractivity contribution in [2.24, 2.45) is 5.73 Å². The number of hydrogen-bond acceptors (Lipinski definition) is 3. The molecule has 1 amide bonds. The highest BCUT2D eigenvalue weighted by Crippen LogP contribution is 2.22. The summed E-state index contributed by atoms with van der Waals surface area (Å²) >= 11 is 1.50. The van der Waals surface area contributed by atoms with Crippen LogP contribution >= 0.6 is 11.3 Å². The van der Waals surface area contributed by atoms with Gasteiger partial charge in [-0.3, -0.25) is 4.79 Å². The molecule has 2 aromatic rings. The van der Waals surface area contributed by atoms with Crippen molar-refractivity contribution >= 4 is 22.9 Å². The van der Waals surface area contributed by atoms with E-state index in [1.165, 1.54) is 11.3 Å². The van der Waals surface area contributed by atoms with Gasteiger partial charge in [0, 0.05) is 16.1 Å². The number of carbonyl (C=O) groups is 1. The molecule has 0 saturated carbocycles. The fourth-order valence-corrected chi connectivity index (χ4v) is 2.63. The summed E-state index contributed by atoms with van der Waals surface area (Å²) in [5.41, 5.74) is 8.07. The molecule has 0 radical (unpaired) electrons.